The standard InChI is InChI=1S/C5H4F3NO/c6-5(7,8)1-4-2-9-3-10-4/h2-3H,1H2. The molecule has 1 heterocycles. The molecule has 2 nitrogen and oxygen atoms in total. The van der Waals surface area contributed by atoms with E-state index in [-0.39, 0.29) is 5.76 Å². The first-order valence-corrected chi connectivity index (χ1v) is 2.52. The second-order valence-electron chi connectivity index (χ2n) is 1.76. The van der Waals surface area contributed by atoms with Crippen LogP contribution >= 0.6 is 0 Å². The highest BCUT2D eigenvalue weighted by atomic mass is 19.4. The van der Waals surface area contributed by atoms with Crippen molar-refractivity contribution in [2.45, 2.75) is 12.6 Å². The molecule has 0 saturated heterocycles. The fourth-order valence-corrected chi connectivity index (χ4v) is 0.527. The minimum absolute atomic E-state index is 0.160. The number of nitrogens with zero attached hydrogens (tertiary/aromatic N) is 1. The smallest absolute Gasteiger partial charge is 0.396 e. The molecule has 56 valence electrons. The lowest BCUT2D eigenvalue weighted by molar-refractivity contribution is -0.130. The summed E-state index contributed by atoms with van der Waals surface area (Å²) >= 11 is 0. The summed E-state index contributed by atoms with van der Waals surface area (Å²) in [4.78, 5) is 3.34. The van der Waals surface area contributed by atoms with E-state index in [0.717, 1.165) is 12.6 Å². The van der Waals surface area contributed by atoms with Gasteiger partial charge >= 0.3 is 6.18 Å². The van der Waals surface area contributed by atoms with Crippen LogP contribution in [0.2, 0.25) is 0 Å². The Balaban J connectivity index is 2.57. The monoisotopic (exact) mass is 151 g/mol. The Hall–Kier alpha value is -1.00. The van der Waals surface area contributed by atoms with Crippen molar-refractivity contribution in [3.8, 4) is 0 Å². The maximum absolute atomic E-state index is 11.5. The van der Waals surface area contributed by atoms with Gasteiger partial charge in [-0.1, -0.05) is 0 Å². The third-order valence-electron chi connectivity index (χ3n) is 0.858. The predicted octanol–water partition coefficient (Wildman–Crippen LogP) is 1.78. The molecule has 5 heteroatoms. The lowest BCUT2D eigenvalue weighted by Gasteiger charge is -2.00. The summed E-state index contributed by atoms with van der Waals surface area (Å²) in [5.41, 5.74) is 0. The van der Waals surface area contributed by atoms with Crippen LogP contribution in [-0.2, 0) is 6.42 Å². The summed E-state index contributed by atoms with van der Waals surface area (Å²) in [6.07, 6.45) is -3.24. The maximum Gasteiger partial charge on any atom is 0.396 e. The normalized spacial score (nSPS) is 11.9. The van der Waals surface area contributed by atoms with Gasteiger partial charge in [0.25, 0.3) is 0 Å². The zero-order chi connectivity index (χ0) is 7.61. The third kappa shape index (κ3) is 2.08. The van der Waals surface area contributed by atoms with Crippen molar-refractivity contribution in [1.29, 1.82) is 0 Å². The van der Waals surface area contributed by atoms with Gasteiger partial charge in [-0.2, -0.15) is 13.2 Å². The van der Waals surface area contributed by atoms with E-state index in [4.69, 9.17) is 0 Å². The second kappa shape index (κ2) is 2.32. The summed E-state index contributed by atoms with van der Waals surface area (Å²) in [5, 5.41) is 0. The Labute approximate surface area is 54.7 Å². The molecule has 0 N–H and O–H groups in total. The average molecular weight is 151 g/mol. The van der Waals surface area contributed by atoms with Crippen molar-refractivity contribution >= 4 is 0 Å². The van der Waals surface area contributed by atoms with Crippen LogP contribution in [0.1, 0.15) is 5.76 Å². The Morgan fingerprint density at radius 1 is 1.50 bits per heavy atom. The van der Waals surface area contributed by atoms with Crippen LogP contribution in [-0.4, -0.2) is 11.2 Å². The fraction of sp³-hybridized carbons (Fsp3) is 0.400. The number of aromatic nitrogens is 1. The predicted molar refractivity (Wildman–Crippen MR) is 26.3 cm³/mol. The van der Waals surface area contributed by atoms with Gasteiger partial charge in [-0.05, 0) is 0 Å². The molecule has 0 aliphatic carbocycles. The van der Waals surface area contributed by atoms with Crippen molar-refractivity contribution in [3.63, 3.8) is 0 Å². The van der Waals surface area contributed by atoms with Gasteiger partial charge in [0.1, 0.15) is 12.2 Å². The van der Waals surface area contributed by atoms with Gasteiger partial charge in [0.05, 0.1) is 6.20 Å². The van der Waals surface area contributed by atoms with Gasteiger partial charge in [0, 0.05) is 0 Å². The average Bonchev–Trinajstić information content (AvgIpc) is 2.12. The molecule has 0 fully saturated rings. The van der Waals surface area contributed by atoms with E-state index in [1.54, 1.807) is 0 Å². The van der Waals surface area contributed by atoms with Gasteiger partial charge in [-0.3, -0.25) is 0 Å². The van der Waals surface area contributed by atoms with Crippen molar-refractivity contribution in [1.82, 2.24) is 4.98 Å². The van der Waals surface area contributed by atoms with E-state index in [1.807, 2.05) is 0 Å². The van der Waals surface area contributed by atoms with Gasteiger partial charge in [0.15, 0.2) is 6.39 Å². The molecular weight excluding hydrogens is 147 g/mol. The van der Waals surface area contributed by atoms with Gasteiger partial charge in [0.2, 0.25) is 0 Å². The Morgan fingerprint density at radius 2 is 2.20 bits per heavy atom. The Kier molecular flexibility index (Phi) is 1.65. The molecule has 0 aromatic carbocycles. The summed E-state index contributed by atoms with van der Waals surface area (Å²) in [6, 6.07) is 0. The lowest BCUT2D eigenvalue weighted by atomic mass is 10.3. The van der Waals surface area contributed by atoms with E-state index in [0.29, 0.717) is 0 Å². The van der Waals surface area contributed by atoms with E-state index in [1.165, 1.54) is 0 Å². The van der Waals surface area contributed by atoms with Gasteiger partial charge < -0.3 is 4.42 Å². The molecule has 0 aliphatic rings. The quantitative estimate of drug-likeness (QED) is 0.611. The number of hydrogen-bond donors (Lipinski definition) is 0. The van der Waals surface area contributed by atoms with Gasteiger partial charge in [-0.25, -0.2) is 4.98 Å². The molecule has 1 rings (SSSR count). The minimum Gasteiger partial charge on any atom is -0.448 e. The number of hydrogen-bond acceptors (Lipinski definition) is 2. The Morgan fingerprint density at radius 3 is 2.60 bits per heavy atom. The van der Waals surface area contributed by atoms with Gasteiger partial charge in [-0.15, -0.1) is 0 Å². The second-order valence-corrected chi connectivity index (χ2v) is 1.76. The fourth-order valence-electron chi connectivity index (χ4n) is 0.527. The molecule has 10 heavy (non-hydrogen) atoms. The molecule has 0 atom stereocenters. The van der Waals surface area contributed by atoms with Crippen LogP contribution in [0, 0.1) is 0 Å². The van der Waals surface area contributed by atoms with Crippen LogP contribution in [0.4, 0.5) is 13.2 Å². The molecule has 0 aliphatic heterocycles. The summed E-state index contributed by atoms with van der Waals surface area (Å²) < 4.78 is 39.0. The molecular formula is C5H4F3NO. The highest BCUT2D eigenvalue weighted by Crippen LogP contribution is 2.20. The van der Waals surface area contributed by atoms with Crippen LogP contribution in [0.5, 0.6) is 0 Å². The molecule has 0 saturated carbocycles. The van der Waals surface area contributed by atoms with Crippen molar-refractivity contribution in [2.24, 2.45) is 0 Å². The van der Waals surface area contributed by atoms with Crippen molar-refractivity contribution in [3.05, 3.63) is 18.4 Å². The number of rotatable bonds is 1. The summed E-state index contributed by atoms with van der Waals surface area (Å²) in [5.74, 6) is -0.160. The molecule has 0 amide bonds. The molecule has 0 radical (unpaired) electrons. The van der Waals surface area contributed by atoms with Crippen molar-refractivity contribution in [2.75, 3.05) is 0 Å². The topological polar surface area (TPSA) is 26.0 Å². The number of oxazole rings is 1. The molecule has 1 aromatic heterocycles. The molecule has 0 bridgehead atoms. The van der Waals surface area contributed by atoms with E-state index in [9.17, 15) is 13.2 Å². The molecule has 0 spiro atoms. The number of halogens is 3. The number of alkyl halides is 3. The molecule has 0 unspecified atom stereocenters. The first kappa shape index (κ1) is 7.11. The minimum atomic E-state index is -4.21. The van der Waals surface area contributed by atoms with Crippen LogP contribution in [0.15, 0.2) is 17.0 Å². The first-order valence-electron chi connectivity index (χ1n) is 2.52. The Bertz CT molecular complexity index is 191. The lowest BCUT2D eigenvalue weighted by Crippen LogP contribution is -2.10. The van der Waals surface area contributed by atoms with E-state index in [2.05, 4.69) is 9.40 Å². The largest absolute Gasteiger partial charge is 0.448 e. The van der Waals surface area contributed by atoms with Crippen LogP contribution in [0.25, 0.3) is 0 Å². The summed E-state index contributed by atoms with van der Waals surface area (Å²) in [6.45, 7) is 0. The zero-order valence-electron chi connectivity index (χ0n) is 4.85. The third-order valence-corrected chi connectivity index (χ3v) is 0.858. The maximum atomic E-state index is 11.5. The summed E-state index contributed by atoms with van der Waals surface area (Å²) in [7, 11) is 0. The highest BCUT2D eigenvalue weighted by molar-refractivity contribution is 4.90. The SMILES string of the molecule is FC(F)(F)Cc1cnco1. The van der Waals surface area contributed by atoms with E-state index >= 15 is 0 Å². The van der Waals surface area contributed by atoms with Crippen LogP contribution < -0.4 is 0 Å². The van der Waals surface area contributed by atoms with Crippen LogP contribution in [0.3, 0.4) is 0 Å². The van der Waals surface area contributed by atoms with Crippen molar-refractivity contribution < 1.29 is 17.6 Å². The first-order chi connectivity index (χ1) is 4.58. The highest BCUT2D eigenvalue weighted by Gasteiger charge is 2.29. The van der Waals surface area contributed by atoms with E-state index < -0.39 is 12.6 Å². The zero-order valence-corrected chi connectivity index (χ0v) is 4.85. The molecule has 1 aromatic rings.